The predicted octanol–water partition coefficient (Wildman–Crippen LogP) is 3.12. The Labute approximate surface area is 236 Å². The van der Waals surface area contributed by atoms with Gasteiger partial charge in [-0.1, -0.05) is 6.07 Å². The number of para-hydroxylation sites is 1. The molecule has 0 N–H and O–H groups in total. The highest BCUT2D eigenvalue weighted by molar-refractivity contribution is 5.87. The number of rotatable bonds is 9. The molecule has 1 aromatic rings. The molecule has 2 aliphatic heterocycles. The van der Waals surface area contributed by atoms with Crippen LogP contribution in [0.25, 0.3) is 0 Å². The van der Waals surface area contributed by atoms with Crippen molar-refractivity contribution in [2.24, 2.45) is 0 Å². The number of carbonyl (C=O) groups excluding carboxylic acids is 4. The largest absolute Gasteiger partial charge is 0.493 e. The lowest BCUT2D eigenvalue weighted by Crippen LogP contribution is -2.45. The summed E-state index contributed by atoms with van der Waals surface area (Å²) in [5, 5.41) is 0. The highest BCUT2D eigenvalue weighted by Crippen LogP contribution is 2.37. The molecular formula is C29H42N2O9. The van der Waals surface area contributed by atoms with Crippen LogP contribution >= 0.6 is 0 Å². The van der Waals surface area contributed by atoms with Crippen LogP contribution in [0.2, 0.25) is 0 Å². The zero-order valence-electron chi connectivity index (χ0n) is 24.6. The Morgan fingerprint density at radius 2 is 1.20 bits per heavy atom. The van der Waals surface area contributed by atoms with Crippen LogP contribution in [0.15, 0.2) is 18.2 Å². The topological polar surface area (TPSA) is 121 Å². The Hall–Kier alpha value is -3.50. The summed E-state index contributed by atoms with van der Waals surface area (Å²) in [6.07, 6.45) is 2.41. The monoisotopic (exact) mass is 562 g/mol. The van der Waals surface area contributed by atoms with Crippen LogP contribution in [0.3, 0.4) is 0 Å². The lowest BCUT2D eigenvalue weighted by atomic mass is 10.1. The molecule has 11 heteroatoms. The second kappa shape index (κ2) is 12.8. The van der Waals surface area contributed by atoms with E-state index in [1.165, 1.54) is 16.9 Å². The molecule has 0 aromatic heterocycles. The number of nitrogens with zero attached hydrogens (tertiary/aromatic N) is 2. The molecule has 2 amide bonds. The Kier molecular flexibility index (Phi) is 9.92. The van der Waals surface area contributed by atoms with Gasteiger partial charge in [-0.3, -0.25) is 9.59 Å². The molecule has 2 saturated heterocycles. The van der Waals surface area contributed by atoms with Crippen molar-refractivity contribution in [3.8, 4) is 17.2 Å². The van der Waals surface area contributed by atoms with Crippen LogP contribution in [0.4, 0.5) is 0 Å². The van der Waals surface area contributed by atoms with Crippen LogP contribution in [-0.2, 0) is 28.7 Å². The summed E-state index contributed by atoms with van der Waals surface area (Å²) in [5.41, 5.74) is -1.31. The zero-order valence-corrected chi connectivity index (χ0v) is 24.6. The zero-order chi connectivity index (χ0) is 29.7. The Bertz CT molecular complexity index is 1090. The summed E-state index contributed by atoms with van der Waals surface area (Å²) in [7, 11) is 1.45. The summed E-state index contributed by atoms with van der Waals surface area (Å²) in [4.78, 5) is 54.3. The molecule has 0 aliphatic carbocycles. The fourth-order valence-corrected chi connectivity index (χ4v) is 4.71. The summed E-state index contributed by atoms with van der Waals surface area (Å²) in [6.45, 7) is 10.8. The molecule has 0 saturated carbocycles. The maximum atomic E-state index is 13.1. The maximum Gasteiger partial charge on any atom is 0.329 e. The normalized spacial score (nSPS) is 19.3. The molecular weight excluding hydrogens is 520 g/mol. The van der Waals surface area contributed by atoms with E-state index in [4.69, 9.17) is 23.7 Å². The molecule has 0 radical (unpaired) electrons. The van der Waals surface area contributed by atoms with Gasteiger partial charge in [-0.15, -0.1) is 0 Å². The first-order valence-electron chi connectivity index (χ1n) is 13.7. The van der Waals surface area contributed by atoms with Gasteiger partial charge in [0.25, 0.3) is 11.8 Å². The second-order valence-electron chi connectivity index (χ2n) is 11.9. The van der Waals surface area contributed by atoms with Crippen molar-refractivity contribution in [2.75, 3.05) is 33.4 Å². The van der Waals surface area contributed by atoms with E-state index in [2.05, 4.69) is 0 Å². The number of methoxy groups -OCH3 is 1. The van der Waals surface area contributed by atoms with Crippen LogP contribution in [0, 0.1) is 0 Å². The van der Waals surface area contributed by atoms with Gasteiger partial charge < -0.3 is 33.5 Å². The Morgan fingerprint density at radius 1 is 0.750 bits per heavy atom. The highest BCUT2D eigenvalue weighted by Gasteiger charge is 2.38. The number of esters is 2. The average molecular weight is 563 g/mol. The van der Waals surface area contributed by atoms with Crippen molar-refractivity contribution in [1.29, 1.82) is 0 Å². The van der Waals surface area contributed by atoms with Crippen molar-refractivity contribution in [3.63, 3.8) is 0 Å². The molecule has 0 spiro atoms. The van der Waals surface area contributed by atoms with Crippen LogP contribution in [-0.4, -0.2) is 90.3 Å². The first-order valence-corrected chi connectivity index (χ1v) is 13.7. The molecule has 1 aromatic carbocycles. The van der Waals surface area contributed by atoms with E-state index in [9.17, 15) is 19.2 Å². The van der Waals surface area contributed by atoms with Crippen molar-refractivity contribution >= 4 is 23.8 Å². The fraction of sp³-hybridized carbons (Fsp3) is 0.655. The lowest BCUT2D eigenvalue weighted by molar-refractivity contribution is -0.164. The minimum Gasteiger partial charge on any atom is -0.493 e. The van der Waals surface area contributed by atoms with E-state index >= 15 is 0 Å². The molecule has 2 aliphatic rings. The minimum absolute atomic E-state index is 0.157. The minimum atomic E-state index is -0.667. The number of amides is 2. The number of likely N-dealkylation sites (tertiary alicyclic amines) is 2. The summed E-state index contributed by atoms with van der Waals surface area (Å²) in [5.74, 6) is -0.939. The number of hydrogen-bond acceptors (Lipinski definition) is 9. The maximum absolute atomic E-state index is 13.1. The molecule has 222 valence electrons. The van der Waals surface area contributed by atoms with Gasteiger partial charge in [0.2, 0.25) is 5.75 Å². The third-order valence-corrected chi connectivity index (χ3v) is 6.36. The van der Waals surface area contributed by atoms with E-state index in [0.717, 1.165) is 0 Å². The molecule has 0 unspecified atom stereocenters. The van der Waals surface area contributed by atoms with Gasteiger partial charge in [0.05, 0.1) is 7.11 Å². The molecule has 3 rings (SSSR count). The predicted molar refractivity (Wildman–Crippen MR) is 145 cm³/mol. The number of benzene rings is 1. The summed E-state index contributed by atoms with van der Waals surface area (Å²) in [6, 6.07) is 3.59. The van der Waals surface area contributed by atoms with E-state index in [0.29, 0.717) is 44.5 Å². The van der Waals surface area contributed by atoms with Gasteiger partial charge in [-0.05, 0) is 79.4 Å². The van der Waals surface area contributed by atoms with E-state index in [-0.39, 0.29) is 36.5 Å². The molecule has 11 nitrogen and oxygen atoms in total. The van der Waals surface area contributed by atoms with Crippen molar-refractivity contribution in [1.82, 2.24) is 9.80 Å². The first kappa shape index (κ1) is 31.0. The van der Waals surface area contributed by atoms with E-state index in [1.54, 1.807) is 59.7 Å². The van der Waals surface area contributed by atoms with Crippen LogP contribution in [0.1, 0.15) is 67.2 Å². The molecule has 2 heterocycles. The number of carbonyl (C=O) groups is 4. The highest BCUT2D eigenvalue weighted by atomic mass is 16.6. The van der Waals surface area contributed by atoms with E-state index in [1.807, 2.05) is 0 Å². The van der Waals surface area contributed by atoms with Gasteiger partial charge in [0.1, 0.15) is 23.3 Å². The Balaban J connectivity index is 1.65. The van der Waals surface area contributed by atoms with Gasteiger partial charge in [-0.2, -0.15) is 0 Å². The van der Waals surface area contributed by atoms with Gasteiger partial charge in [-0.25, -0.2) is 9.59 Å². The van der Waals surface area contributed by atoms with Gasteiger partial charge >= 0.3 is 11.9 Å². The lowest BCUT2D eigenvalue weighted by Gasteiger charge is -2.28. The van der Waals surface area contributed by atoms with Gasteiger partial charge in [0.15, 0.2) is 24.7 Å². The third-order valence-electron chi connectivity index (χ3n) is 6.36. The van der Waals surface area contributed by atoms with Crippen molar-refractivity contribution in [3.05, 3.63) is 18.2 Å². The summed E-state index contributed by atoms with van der Waals surface area (Å²) >= 11 is 0. The molecule has 2 atom stereocenters. The van der Waals surface area contributed by atoms with Gasteiger partial charge in [0, 0.05) is 13.1 Å². The van der Waals surface area contributed by atoms with E-state index < -0.39 is 35.2 Å². The van der Waals surface area contributed by atoms with Crippen molar-refractivity contribution in [2.45, 2.75) is 90.5 Å². The summed E-state index contributed by atoms with van der Waals surface area (Å²) < 4.78 is 28.0. The van der Waals surface area contributed by atoms with Crippen molar-refractivity contribution < 1.29 is 42.9 Å². The smallest absolute Gasteiger partial charge is 0.329 e. The number of ether oxygens (including phenoxy) is 5. The molecule has 0 bridgehead atoms. The second-order valence-corrected chi connectivity index (χ2v) is 11.9. The molecule has 2 fully saturated rings. The fourth-order valence-electron chi connectivity index (χ4n) is 4.71. The first-order chi connectivity index (χ1) is 18.7. The standard InChI is InChI=1S/C29H42N2O9/c1-28(2,3)39-26(34)19-11-9-15-30(19)23(32)17-37-22-14-8-13-21(36-7)25(22)38-18-24(33)31-16-10-12-20(31)27(35)40-29(4,5)6/h8,13-14,19-20H,9-12,15-18H2,1-7H3/t19-,20-/m1/s1. The quantitative estimate of drug-likeness (QED) is 0.418. The van der Waals surface area contributed by atoms with Crippen LogP contribution < -0.4 is 14.2 Å². The Morgan fingerprint density at radius 3 is 1.65 bits per heavy atom. The van der Waals surface area contributed by atoms with Crippen LogP contribution in [0.5, 0.6) is 17.2 Å². The average Bonchev–Trinajstić information content (AvgIpc) is 3.54. The third kappa shape index (κ3) is 8.25. The molecule has 40 heavy (non-hydrogen) atoms. The SMILES string of the molecule is COc1cccc(OCC(=O)N2CCC[C@@H]2C(=O)OC(C)(C)C)c1OCC(=O)N1CCC[C@@H]1C(=O)OC(C)(C)C. The number of hydrogen-bond donors (Lipinski definition) is 0.